The van der Waals surface area contributed by atoms with E-state index in [1.807, 2.05) is 10.3 Å². The Morgan fingerprint density at radius 1 is 1.46 bits per heavy atom. The van der Waals surface area contributed by atoms with Crippen molar-refractivity contribution in [2.75, 3.05) is 18.8 Å². The van der Waals surface area contributed by atoms with Gasteiger partial charge in [-0.3, -0.25) is 14.0 Å². The third-order valence-electron chi connectivity index (χ3n) is 4.05. The highest BCUT2D eigenvalue weighted by molar-refractivity contribution is 7.99. The van der Waals surface area contributed by atoms with Crippen LogP contribution in [-0.2, 0) is 10.5 Å². The fraction of sp³-hybridized carbons (Fsp3) is 0.533. The molecule has 0 bridgehead atoms. The molecule has 24 heavy (non-hydrogen) atoms. The molecule has 1 saturated heterocycles. The Morgan fingerprint density at radius 3 is 3.08 bits per heavy atom. The monoisotopic (exact) mass is 388 g/mol. The molecule has 0 spiro atoms. The number of thioether (sulfide) groups is 1. The molecule has 1 amide bonds. The third-order valence-corrected chi connectivity index (χ3v) is 5.76. The number of piperidine rings is 1. The minimum Gasteiger partial charge on any atom is -0.338 e. The van der Waals surface area contributed by atoms with Gasteiger partial charge in [0.1, 0.15) is 0 Å². The third kappa shape index (κ3) is 4.30. The molecule has 9 heteroatoms. The van der Waals surface area contributed by atoms with Gasteiger partial charge in [0.15, 0.2) is 4.96 Å². The van der Waals surface area contributed by atoms with Crippen molar-refractivity contribution in [3.8, 4) is 0 Å². The average Bonchev–Trinajstić information content (AvgIpc) is 3.04. The summed E-state index contributed by atoms with van der Waals surface area (Å²) < 4.78 is 1.53. The zero-order valence-corrected chi connectivity index (χ0v) is 15.7. The van der Waals surface area contributed by atoms with Crippen LogP contribution in [0.2, 0.25) is 0 Å². The lowest BCUT2D eigenvalue weighted by atomic mass is 10.0. The quantitative estimate of drug-likeness (QED) is 0.843. The lowest BCUT2D eigenvalue weighted by Crippen LogP contribution is -2.48. The molecule has 1 unspecified atom stereocenters. The zero-order chi connectivity index (χ0) is 16.2. The first-order valence-electron chi connectivity index (χ1n) is 7.72. The number of carbonyl (C=O) groups excluding carboxylic acids is 1. The number of fused-ring (bicyclic) bond motifs is 1. The summed E-state index contributed by atoms with van der Waals surface area (Å²) in [6.45, 7) is 1.34. The van der Waals surface area contributed by atoms with E-state index < -0.39 is 0 Å². The molecule has 0 aliphatic carbocycles. The van der Waals surface area contributed by atoms with Crippen LogP contribution in [0.3, 0.4) is 0 Å². The minimum atomic E-state index is -0.0718. The molecule has 1 atom stereocenters. The SMILES string of the molecule is Cl.NCC1CCCCN1C(=O)CSCc1cc(=O)n2ccsc2n1. The molecule has 3 heterocycles. The molecule has 3 rings (SSSR count). The molecule has 2 aromatic rings. The Hall–Kier alpha value is -1.09. The van der Waals surface area contributed by atoms with Crippen molar-refractivity contribution in [3.05, 3.63) is 33.7 Å². The number of nitrogens with two attached hydrogens (primary N) is 1. The summed E-state index contributed by atoms with van der Waals surface area (Å²) in [5.41, 5.74) is 6.42. The van der Waals surface area contributed by atoms with Crippen molar-refractivity contribution in [1.82, 2.24) is 14.3 Å². The van der Waals surface area contributed by atoms with E-state index in [9.17, 15) is 9.59 Å². The largest absolute Gasteiger partial charge is 0.338 e. The van der Waals surface area contributed by atoms with Crippen molar-refractivity contribution in [2.45, 2.75) is 31.1 Å². The molecule has 2 aromatic heterocycles. The molecular weight excluding hydrogens is 368 g/mol. The molecular formula is C15H21ClN4O2S2. The van der Waals surface area contributed by atoms with E-state index in [1.165, 1.54) is 27.5 Å². The van der Waals surface area contributed by atoms with Gasteiger partial charge in [-0.2, -0.15) is 0 Å². The number of nitrogens with zero attached hydrogens (tertiary/aromatic N) is 3. The summed E-state index contributed by atoms with van der Waals surface area (Å²) in [5.74, 6) is 1.11. The summed E-state index contributed by atoms with van der Waals surface area (Å²) in [4.78, 5) is 31.3. The zero-order valence-electron chi connectivity index (χ0n) is 13.2. The number of rotatable bonds is 5. The molecule has 1 fully saturated rings. The number of aromatic nitrogens is 2. The number of hydrogen-bond donors (Lipinski definition) is 1. The average molecular weight is 389 g/mol. The maximum absolute atomic E-state index is 12.4. The molecule has 2 N–H and O–H groups in total. The fourth-order valence-corrected chi connectivity index (χ4v) is 4.40. The van der Waals surface area contributed by atoms with Crippen molar-refractivity contribution >= 4 is 46.4 Å². The summed E-state index contributed by atoms with van der Waals surface area (Å²) in [5, 5.41) is 1.84. The number of hydrogen-bond acceptors (Lipinski definition) is 6. The Balaban J connectivity index is 0.00000208. The second-order valence-corrected chi connectivity index (χ2v) is 7.47. The Kier molecular flexibility index (Phi) is 7.09. The summed E-state index contributed by atoms with van der Waals surface area (Å²) in [7, 11) is 0. The maximum atomic E-state index is 12.4. The van der Waals surface area contributed by atoms with Gasteiger partial charge in [0.2, 0.25) is 5.91 Å². The van der Waals surface area contributed by atoms with Gasteiger partial charge in [0.05, 0.1) is 11.4 Å². The fourth-order valence-electron chi connectivity index (χ4n) is 2.86. The van der Waals surface area contributed by atoms with Crippen LogP contribution in [0.15, 0.2) is 22.4 Å². The van der Waals surface area contributed by atoms with Gasteiger partial charge in [0, 0.05) is 42.5 Å². The van der Waals surface area contributed by atoms with Gasteiger partial charge in [0.25, 0.3) is 5.56 Å². The standard InChI is InChI=1S/C15H20N4O2S2.ClH/c16-8-12-3-1-2-4-18(12)14(21)10-22-9-11-7-13(20)19-5-6-23-15(19)17-11;/h5-7,12H,1-4,8-10,16H2;1H. The van der Waals surface area contributed by atoms with Crippen LogP contribution >= 0.6 is 35.5 Å². The van der Waals surface area contributed by atoms with Crippen molar-refractivity contribution in [2.24, 2.45) is 5.73 Å². The second kappa shape index (κ2) is 8.84. The van der Waals surface area contributed by atoms with E-state index in [4.69, 9.17) is 5.73 Å². The lowest BCUT2D eigenvalue weighted by molar-refractivity contribution is -0.131. The molecule has 0 saturated carbocycles. The van der Waals surface area contributed by atoms with Gasteiger partial charge in [-0.05, 0) is 19.3 Å². The van der Waals surface area contributed by atoms with Crippen LogP contribution in [0.5, 0.6) is 0 Å². The highest BCUT2D eigenvalue weighted by atomic mass is 35.5. The summed E-state index contributed by atoms with van der Waals surface area (Å²) in [6.07, 6.45) is 4.92. The van der Waals surface area contributed by atoms with E-state index in [2.05, 4.69) is 4.98 Å². The second-order valence-electron chi connectivity index (χ2n) is 5.61. The highest BCUT2D eigenvalue weighted by Crippen LogP contribution is 2.19. The van der Waals surface area contributed by atoms with Crippen molar-refractivity contribution < 1.29 is 4.79 Å². The molecule has 1 aliphatic heterocycles. The van der Waals surface area contributed by atoms with Gasteiger partial charge < -0.3 is 10.6 Å². The maximum Gasteiger partial charge on any atom is 0.258 e. The number of halogens is 1. The van der Waals surface area contributed by atoms with Gasteiger partial charge in [-0.1, -0.05) is 0 Å². The molecule has 132 valence electrons. The Bertz CT molecular complexity index is 748. The molecule has 1 aliphatic rings. The van der Waals surface area contributed by atoms with Crippen LogP contribution in [0, 0.1) is 0 Å². The Labute approximate surface area is 154 Å². The van der Waals surface area contributed by atoms with Crippen LogP contribution < -0.4 is 11.3 Å². The summed E-state index contributed by atoms with van der Waals surface area (Å²) >= 11 is 2.94. The van der Waals surface area contributed by atoms with Crippen LogP contribution in [-0.4, -0.2) is 45.1 Å². The number of carbonyl (C=O) groups is 1. The molecule has 0 radical (unpaired) electrons. The first-order valence-corrected chi connectivity index (χ1v) is 9.75. The van der Waals surface area contributed by atoms with E-state index in [1.54, 1.807) is 12.3 Å². The van der Waals surface area contributed by atoms with Gasteiger partial charge in [-0.25, -0.2) is 4.98 Å². The number of thiazole rings is 1. The highest BCUT2D eigenvalue weighted by Gasteiger charge is 2.25. The molecule has 6 nitrogen and oxygen atoms in total. The van der Waals surface area contributed by atoms with E-state index in [0.29, 0.717) is 23.0 Å². The summed E-state index contributed by atoms with van der Waals surface area (Å²) in [6, 6.07) is 1.72. The molecule has 0 aromatic carbocycles. The Morgan fingerprint density at radius 2 is 2.29 bits per heavy atom. The predicted molar refractivity (Wildman–Crippen MR) is 101 cm³/mol. The van der Waals surface area contributed by atoms with E-state index in [0.717, 1.165) is 31.5 Å². The number of likely N-dealkylation sites (tertiary alicyclic amines) is 1. The van der Waals surface area contributed by atoms with E-state index >= 15 is 0 Å². The van der Waals surface area contributed by atoms with Crippen LogP contribution in [0.25, 0.3) is 4.96 Å². The van der Waals surface area contributed by atoms with Gasteiger partial charge in [-0.15, -0.1) is 35.5 Å². The van der Waals surface area contributed by atoms with Crippen LogP contribution in [0.1, 0.15) is 25.0 Å². The van der Waals surface area contributed by atoms with E-state index in [-0.39, 0.29) is 29.9 Å². The topological polar surface area (TPSA) is 80.7 Å². The first kappa shape index (κ1) is 19.2. The van der Waals surface area contributed by atoms with Crippen LogP contribution in [0.4, 0.5) is 0 Å². The first-order chi connectivity index (χ1) is 11.2. The van der Waals surface area contributed by atoms with Gasteiger partial charge >= 0.3 is 0 Å². The minimum absolute atomic E-state index is 0. The predicted octanol–water partition coefficient (Wildman–Crippen LogP) is 1.75. The smallest absolute Gasteiger partial charge is 0.258 e. The van der Waals surface area contributed by atoms with Crippen molar-refractivity contribution in [3.63, 3.8) is 0 Å². The normalized spacial score (nSPS) is 17.7. The van der Waals surface area contributed by atoms with Crippen molar-refractivity contribution in [1.29, 1.82) is 0 Å². The lowest BCUT2D eigenvalue weighted by Gasteiger charge is -2.35. The number of amides is 1.